The number of amides is 2. The fourth-order valence-electron chi connectivity index (χ4n) is 3.23. The summed E-state index contributed by atoms with van der Waals surface area (Å²) in [4.78, 5) is 24.7. The third-order valence-corrected chi connectivity index (χ3v) is 4.94. The number of carbonyl (C=O) groups is 2. The molecule has 2 aromatic rings. The number of carbonyl (C=O) groups excluding carboxylic acids is 2. The molecule has 3 N–H and O–H groups in total. The Labute approximate surface area is 172 Å². The summed E-state index contributed by atoms with van der Waals surface area (Å²) in [5, 5.41) is 9.21. The first-order chi connectivity index (χ1) is 13.1. The highest BCUT2D eigenvalue weighted by Crippen LogP contribution is 2.12. The van der Waals surface area contributed by atoms with E-state index in [4.69, 9.17) is 0 Å². The molecule has 0 saturated carbocycles. The molecule has 0 aromatic heterocycles. The van der Waals surface area contributed by atoms with Crippen LogP contribution in [0.2, 0.25) is 0 Å². The van der Waals surface area contributed by atoms with Crippen molar-refractivity contribution in [3.05, 3.63) is 70.8 Å². The van der Waals surface area contributed by atoms with Crippen LogP contribution >= 0.6 is 12.4 Å². The SMILES string of the molecule is Cc1ccc(CNC(=O)c2cccc(CNC(=O)C3CCNCC3)c2)cc1.Cl. The molecule has 3 rings (SSSR count). The molecular weight excluding hydrogens is 374 g/mol. The monoisotopic (exact) mass is 401 g/mol. The molecule has 28 heavy (non-hydrogen) atoms. The quantitative estimate of drug-likeness (QED) is 0.697. The van der Waals surface area contributed by atoms with Gasteiger partial charge in [0.15, 0.2) is 0 Å². The minimum Gasteiger partial charge on any atom is -0.352 e. The Morgan fingerprint density at radius 3 is 2.36 bits per heavy atom. The molecule has 0 spiro atoms. The summed E-state index contributed by atoms with van der Waals surface area (Å²) in [7, 11) is 0. The Bertz CT molecular complexity index is 787. The predicted octanol–water partition coefficient (Wildman–Crippen LogP) is 2.96. The number of nitrogens with one attached hydrogen (secondary N) is 3. The van der Waals surface area contributed by atoms with Crippen molar-refractivity contribution in [2.45, 2.75) is 32.9 Å². The molecule has 0 aliphatic carbocycles. The maximum Gasteiger partial charge on any atom is 0.251 e. The smallest absolute Gasteiger partial charge is 0.251 e. The number of hydrogen-bond acceptors (Lipinski definition) is 3. The van der Waals surface area contributed by atoms with E-state index < -0.39 is 0 Å². The van der Waals surface area contributed by atoms with Crippen molar-refractivity contribution in [3.63, 3.8) is 0 Å². The van der Waals surface area contributed by atoms with Gasteiger partial charge in [0.2, 0.25) is 5.91 Å². The highest BCUT2D eigenvalue weighted by atomic mass is 35.5. The van der Waals surface area contributed by atoms with Crippen LogP contribution in [0.5, 0.6) is 0 Å². The van der Waals surface area contributed by atoms with E-state index in [1.807, 2.05) is 49.4 Å². The lowest BCUT2D eigenvalue weighted by Crippen LogP contribution is -2.37. The average Bonchev–Trinajstić information content (AvgIpc) is 2.72. The summed E-state index contributed by atoms with van der Waals surface area (Å²) in [6.07, 6.45) is 1.76. The first-order valence-electron chi connectivity index (χ1n) is 9.53. The second-order valence-electron chi connectivity index (χ2n) is 7.11. The van der Waals surface area contributed by atoms with E-state index in [0.29, 0.717) is 18.7 Å². The molecule has 0 radical (unpaired) electrons. The minimum atomic E-state index is -0.109. The second-order valence-corrected chi connectivity index (χ2v) is 7.11. The van der Waals surface area contributed by atoms with Gasteiger partial charge in [0.05, 0.1) is 0 Å². The molecule has 150 valence electrons. The lowest BCUT2D eigenvalue weighted by molar-refractivity contribution is -0.125. The van der Waals surface area contributed by atoms with Crippen LogP contribution in [-0.2, 0) is 17.9 Å². The van der Waals surface area contributed by atoms with Gasteiger partial charge < -0.3 is 16.0 Å². The van der Waals surface area contributed by atoms with Crippen LogP contribution in [0.4, 0.5) is 0 Å². The fraction of sp³-hybridized carbons (Fsp3) is 0.364. The molecule has 0 unspecified atom stereocenters. The van der Waals surface area contributed by atoms with Crippen LogP contribution in [0.1, 0.15) is 39.9 Å². The Balaban J connectivity index is 0.00000280. The molecule has 2 aromatic carbocycles. The number of halogens is 1. The van der Waals surface area contributed by atoms with Crippen LogP contribution in [0.3, 0.4) is 0 Å². The summed E-state index contributed by atoms with van der Waals surface area (Å²) in [6.45, 7) is 4.78. The van der Waals surface area contributed by atoms with Gasteiger partial charge in [-0.25, -0.2) is 0 Å². The van der Waals surface area contributed by atoms with E-state index >= 15 is 0 Å². The van der Waals surface area contributed by atoms with E-state index in [9.17, 15) is 9.59 Å². The number of piperidine rings is 1. The molecule has 1 saturated heterocycles. The number of hydrogen-bond donors (Lipinski definition) is 3. The lowest BCUT2D eigenvalue weighted by Gasteiger charge is -2.21. The molecule has 1 heterocycles. The topological polar surface area (TPSA) is 70.2 Å². The van der Waals surface area contributed by atoms with Gasteiger partial charge in [-0.15, -0.1) is 12.4 Å². The zero-order chi connectivity index (χ0) is 19.1. The van der Waals surface area contributed by atoms with Crippen molar-refractivity contribution < 1.29 is 9.59 Å². The maximum absolute atomic E-state index is 12.4. The van der Waals surface area contributed by atoms with Gasteiger partial charge in [0.25, 0.3) is 5.91 Å². The third-order valence-electron chi connectivity index (χ3n) is 4.94. The van der Waals surface area contributed by atoms with Crippen LogP contribution in [0.15, 0.2) is 48.5 Å². The van der Waals surface area contributed by atoms with Gasteiger partial charge >= 0.3 is 0 Å². The number of aryl methyl sites for hydroxylation is 1. The molecule has 2 amide bonds. The number of rotatable bonds is 6. The van der Waals surface area contributed by atoms with Crippen molar-refractivity contribution in [3.8, 4) is 0 Å². The van der Waals surface area contributed by atoms with Crippen LogP contribution < -0.4 is 16.0 Å². The summed E-state index contributed by atoms with van der Waals surface area (Å²) < 4.78 is 0. The average molecular weight is 402 g/mol. The Morgan fingerprint density at radius 1 is 0.964 bits per heavy atom. The molecule has 1 aliphatic rings. The standard InChI is InChI=1S/C22H27N3O2.ClH/c1-16-5-7-17(8-6-16)14-24-22(27)20-4-2-3-18(13-20)15-25-21(26)19-9-11-23-12-10-19;/h2-8,13,19,23H,9-12,14-15H2,1H3,(H,24,27)(H,25,26);1H. The van der Waals surface area contributed by atoms with Crippen molar-refractivity contribution in [2.24, 2.45) is 5.92 Å². The van der Waals surface area contributed by atoms with Crippen molar-refractivity contribution in [1.82, 2.24) is 16.0 Å². The highest BCUT2D eigenvalue weighted by Gasteiger charge is 2.20. The van der Waals surface area contributed by atoms with Crippen molar-refractivity contribution >= 4 is 24.2 Å². The fourth-order valence-corrected chi connectivity index (χ4v) is 3.23. The van der Waals surface area contributed by atoms with Gasteiger partial charge in [-0.05, 0) is 56.1 Å². The van der Waals surface area contributed by atoms with Gasteiger partial charge in [0.1, 0.15) is 0 Å². The summed E-state index contributed by atoms with van der Waals surface area (Å²) in [5.41, 5.74) is 3.81. The van der Waals surface area contributed by atoms with Crippen molar-refractivity contribution in [1.29, 1.82) is 0 Å². The predicted molar refractivity (Wildman–Crippen MR) is 113 cm³/mol. The van der Waals surface area contributed by atoms with Crippen LogP contribution in [-0.4, -0.2) is 24.9 Å². The zero-order valence-electron chi connectivity index (χ0n) is 16.2. The van der Waals surface area contributed by atoms with Gasteiger partial charge in [0, 0.05) is 24.6 Å². The Kier molecular flexibility index (Phi) is 8.48. The normalized spacial score (nSPS) is 14.0. The Morgan fingerprint density at radius 2 is 1.64 bits per heavy atom. The van der Waals surface area contributed by atoms with Crippen molar-refractivity contribution in [2.75, 3.05) is 13.1 Å². The lowest BCUT2D eigenvalue weighted by atomic mass is 9.97. The molecule has 1 fully saturated rings. The van der Waals surface area contributed by atoms with Crippen LogP contribution in [0.25, 0.3) is 0 Å². The first kappa shape index (κ1) is 21.9. The summed E-state index contributed by atoms with van der Waals surface area (Å²) in [6, 6.07) is 15.5. The van der Waals surface area contributed by atoms with Crippen LogP contribution in [0, 0.1) is 12.8 Å². The van der Waals surface area contributed by atoms with E-state index in [1.54, 1.807) is 6.07 Å². The van der Waals surface area contributed by atoms with E-state index in [0.717, 1.165) is 37.1 Å². The first-order valence-corrected chi connectivity index (χ1v) is 9.53. The molecule has 0 atom stereocenters. The molecule has 6 heteroatoms. The molecule has 1 aliphatic heterocycles. The Hall–Kier alpha value is -2.37. The molecule has 5 nitrogen and oxygen atoms in total. The summed E-state index contributed by atoms with van der Waals surface area (Å²) >= 11 is 0. The van der Waals surface area contributed by atoms with Gasteiger partial charge in [-0.1, -0.05) is 42.0 Å². The minimum absolute atomic E-state index is 0. The highest BCUT2D eigenvalue weighted by molar-refractivity contribution is 5.94. The van der Waals surface area contributed by atoms with Gasteiger partial charge in [-0.2, -0.15) is 0 Å². The second kappa shape index (κ2) is 10.8. The van der Waals surface area contributed by atoms with Gasteiger partial charge in [-0.3, -0.25) is 9.59 Å². The molecule has 0 bridgehead atoms. The zero-order valence-corrected chi connectivity index (χ0v) is 17.0. The summed E-state index contributed by atoms with van der Waals surface area (Å²) in [5.74, 6) is 0.0834. The number of benzene rings is 2. The van der Waals surface area contributed by atoms with E-state index in [2.05, 4.69) is 16.0 Å². The molecular formula is C22H28ClN3O2. The maximum atomic E-state index is 12.4. The van der Waals surface area contributed by atoms with E-state index in [1.165, 1.54) is 5.56 Å². The van der Waals surface area contributed by atoms with E-state index in [-0.39, 0.29) is 30.1 Å². The largest absolute Gasteiger partial charge is 0.352 e. The third kappa shape index (κ3) is 6.36.